The number of hydrogen-bond acceptors (Lipinski definition) is 3. The molecule has 2 aromatic carbocycles. The lowest BCUT2D eigenvalue weighted by Gasteiger charge is -2.25. The largest absolute Gasteiger partial charge is 0.481 e. The number of amides is 1. The van der Waals surface area contributed by atoms with Gasteiger partial charge in [0.2, 0.25) is 0 Å². The van der Waals surface area contributed by atoms with Crippen molar-refractivity contribution in [1.82, 2.24) is 4.98 Å². The van der Waals surface area contributed by atoms with E-state index in [0.717, 1.165) is 5.56 Å². The molecule has 0 fully saturated rings. The van der Waals surface area contributed by atoms with Crippen molar-refractivity contribution in [3.05, 3.63) is 90.6 Å². The van der Waals surface area contributed by atoms with Crippen molar-refractivity contribution in [1.29, 1.82) is 0 Å². The van der Waals surface area contributed by atoms with Crippen LogP contribution in [0.15, 0.2) is 85.1 Å². The third kappa shape index (κ3) is 4.44. The first-order chi connectivity index (χ1) is 12.2. The molecule has 126 valence electrons. The van der Waals surface area contributed by atoms with E-state index in [9.17, 15) is 4.79 Å². The zero-order chi connectivity index (χ0) is 17.5. The summed E-state index contributed by atoms with van der Waals surface area (Å²) in [5, 5.41) is 0. The van der Waals surface area contributed by atoms with E-state index in [1.54, 1.807) is 18.0 Å². The first-order valence-corrected chi connectivity index (χ1v) is 8.22. The monoisotopic (exact) mass is 332 g/mol. The summed E-state index contributed by atoms with van der Waals surface area (Å²) in [6, 6.07) is 24.7. The second-order valence-corrected chi connectivity index (χ2v) is 5.67. The van der Waals surface area contributed by atoms with Gasteiger partial charge in [-0.2, -0.15) is 0 Å². The Labute approximate surface area is 147 Å². The van der Waals surface area contributed by atoms with Gasteiger partial charge in [0.05, 0.1) is 6.54 Å². The standard InChI is InChI=1S/C21H20N2O2/c1-17(25-19-12-6-3-7-13-19)21(24)23(20-14-8-9-15-22-20)16-18-10-4-2-5-11-18/h2-15,17H,16H2,1H3. The average Bonchev–Trinajstić information content (AvgIpc) is 2.68. The van der Waals surface area contributed by atoms with Gasteiger partial charge in [-0.25, -0.2) is 4.98 Å². The van der Waals surface area contributed by atoms with Crippen LogP contribution in [0.1, 0.15) is 12.5 Å². The molecule has 0 saturated carbocycles. The Balaban J connectivity index is 1.81. The van der Waals surface area contributed by atoms with E-state index >= 15 is 0 Å². The quantitative estimate of drug-likeness (QED) is 0.683. The number of nitrogens with zero attached hydrogens (tertiary/aromatic N) is 2. The molecule has 0 spiro atoms. The summed E-state index contributed by atoms with van der Waals surface area (Å²) < 4.78 is 5.80. The molecule has 3 rings (SSSR count). The van der Waals surface area contributed by atoms with E-state index in [4.69, 9.17) is 4.74 Å². The molecule has 0 aliphatic heterocycles. The van der Waals surface area contributed by atoms with Gasteiger partial charge >= 0.3 is 0 Å². The van der Waals surface area contributed by atoms with E-state index in [1.165, 1.54) is 0 Å². The van der Waals surface area contributed by atoms with E-state index in [0.29, 0.717) is 18.1 Å². The number of benzene rings is 2. The number of carbonyl (C=O) groups is 1. The van der Waals surface area contributed by atoms with Crippen molar-refractivity contribution < 1.29 is 9.53 Å². The van der Waals surface area contributed by atoms with Crippen LogP contribution >= 0.6 is 0 Å². The topological polar surface area (TPSA) is 42.4 Å². The van der Waals surface area contributed by atoms with Gasteiger partial charge in [-0.1, -0.05) is 54.6 Å². The van der Waals surface area contributed by atoms with Gasteiger partial charge in [-0.05, 0) is 36.8 Å². The second-order valence-electron chi connectivity index (χ2n) is 5.67. The molecule has 1 aromatic heterocycles. The van der Waals surface area contributed by atoms with Crippen LogP contribution < -0.4 is 9.64 Å². The molecule has 0 aliphatic carbocycles. The number of anilines is 1. The van der Waals surface area contributed by atoms with Gasteiger partial charge < -0.3 is 4.74 Å². The average molecular weight is 332 g/mol. The summed E-state index contributed by atoms with van der Waals surface area (Å²) in [7, 11) is 0. The molecule has 0 aliphatic rings. The zero-order valence-corrected chi connectivity index (χ0v) is 14.1. The molecule has 0 bridgehead atoms. The normalized spacial score (nSPS) is 11.6. The summed E-state index contributed by atoms with van der Waals surface area (Å²) in [6.45, 7) is 2.20. The molecule has 1 amide bonds. The zero-order valence-electron chi connectivity index (χ0n) is 14.1. The van der Waals surface area contributed by atoms with Gasteiger partial charge in [-0.3, -0.25) is 9.69 Å². The molecule has 25 heavy (non-hydrogen) atoms. The van der Waals surface area contributed by atoms with Crippen LogP contribution in [0.4, 0.5) is 5.82 Å². The van der Waals surface area contributed by atoms with Crippen molar-refractivity contribution in [2.24, 2.45) is 0 Å². The summed E-state index contributed by atoms with van der Waals surface area (Å²) >= 11 is 0. The Morgan fingerprint density at radius 1 is 0.960 bits per heavy atom. The first-order valence-electron chi connectivity index (χ1n) is 8.22. The molecule has 0 N–H and O–H groups in total. The Hall–Kier alpha value is -3.14. The van der Waals surface area contributed by atoms with Crippen LogP contribution in [0.3, 0.4) is 0 Å². The Kier molecular flexibility index (Phi) is 5.42. The minimum absolute atomic E-state index is 0.133. The number of pyridine rings is 1. The molecule has 1 atom stereocenters. The molecule has 4 nitrogen and oxygen atoms in total. The van der Waals surface area contributed by atoms with Gasteiger partial charge in [0.1, 0.15) is 11.6 Å². The van der Waals surface area contributed by atoms with Gasteiger partial charge in [-0.15, -0.1) is 0 Å². The fourth-order valence-corrected chi connectivity index (χ4v) is 2.52. The minimum atomic E-state index is -0.617. The van der Waals surface area contributed by atoms with Crippen LogP contribution in [0.2, 0.25) is 0 Å². The van der Waals surface area contributed by atoms with Crippen LogP contribution in [-0.4, -0.2) is 17.0 Å². The van der Waals surface area contributed by atoms with E-state index in [2.05, 4.69) is 4.98 Å². The van der Waals surface area contributed by atoms with Crippen molar-refractivity contribution in [3.63, 3.8) is 0 Å². The predicted molar refractivity (Wildman–Crippen MR) is 98.4 cm³/mol. The Morgan fingerprint density at radius 2 is 1.60 bits per heavy atom. The number of aromatic nitrogens is 1. The predicted octanol–water partition coefficient (Wildman–Crippen LogP) is 4.08. The lowest BCUT2D eigenvalue weighted by Crippen LogP contribution is -2.40. The number of carbonyl (C=O) groups excluding carboxylic acids is 1. The molecule has 0 radical (unpaired) electrons. The van der Waals surface area contributed by atoms with Crippen LogP contribution in [0.5, 0.6) is 5.75 Å². The van der Waals surface area contributed by atoms with Crippen molar-refractivity contribution >= 4 is 11.7 Å². The molecular formula is C21H20N2O2. The number of para-hydroxylation sites is 1. The molecule has 1 heterocycles. The van der Waals surface area contributed by atoms with Crippen LogP contribution in [0.25, 0.3) is 0 Å². The van der Waals surface area contributed by atoms with E-state index < -0.39 is 6.10 Å². The maximum absolute atomic E-state index is 13.0. The molecule has 3 aromatic rings. The van der Waals surface area contributed by atoms with Crippen LogP contribution in [-0.2, 0) is 11.3 Å². The number of rotatable bonds is 6. The van der Waals surface area contributed by atoms with Gasteiger partial charge in [0.15, 0.2) is 6.10 Å². The summed E-state index contributed by atoms with van der Waals surface area (Å²) in [6.07, 6.45) is 1.07. The fourth-order valence-electron chi connectivity index (χ4n) is 2.52. The maximum Gasteiger partial charge on any atom is 0.269 e. The summed E-state index contributed by atoms with van der Waals surface area (Å²) in [5.41, 5.74) is 1.04. The Bertz CT molecular complexity index is 792. The fraction of sp³-hybridized carbons (Fsp3) is 0.143. The lowest BCUT2D eigenvalue weighted by molar-refractivity contribution is -0.124. The number of hydrogen-bond donors (Lipinski definition) is 0. The molecule has 1 unspecified atom stereocenters. The summed E-state index contributed by atoms with van der Waals surface area (Å²) in [5.74, 6) is 1.15. The summed E-state index contributed by atoms with van der Waals surface area (Å²) in [4.78, 5) is 19.0. The third-order valence-electron chi connectivity index (χ3n) is 3.78. The van der Waals surface area contributed by atoms with E-state index in [-0.39, 0.29) is 5.91 Å². The van der Waals surface area contributed by atoms with Crippen molar-refractivity contribution in [3.8, 4) is 5.75 Å². The SMILES string of the molecule is CC(Oc1ccccc1)C(=O)N(Cc1ccccc1)c1ccccn1. The maximum atomic E-state index is 13.0. The second kappa shape index (κ2) is 8.11. The van der Waals surface area contributed by atoms with Gasteiger partial charge in [0, 0.05) is 6.20 Å². The Morgan fingerprint density at radius 3 is 2.24 bits per heavy atom. The van der Waals surface area contributed by atoms with Gasteiger partial charge in [0.25, 0.3) is 5.91 Å². The van der Waals surface area contributed by atoms with E-state index in [1.807, 2.05) is 78.9 Å². The first kappa shape index (κ1) is 16.7. The van der Waals surface area contributed by atoms with Crippen molar-refractivity contribution in [2.75, 3.05) is 4.90 Å². The molecule has 0 saturated heterocycles. The van der Waals surface area contributed by atoms with Crippen LogP contribution in [0, 0.1) is 0 Å². The smallest absolute Gasteiger partial charge is 0.269 e. The highest BCUT2D eigenvalue weighted by atomic mass is 16.5. The van der Waals surface area contributed by atoms with Crippen molar-refractivity contribution in [2.45, 2.75) is 19.6 Å². The highest BCUT2D eigenvalue weighted by Crippen LogP contribution is 2.18. The molecular weight excluding hydrogens is 312 g/mol. The lowest BCUT2D eigenvalue weighted by atomic mass is 10.2. The number of ether oxygens (including phenoxy) is 1. The highest BCUT2D eigenvalue weighted by Gasteiger charge is 2.24. The highest BCUT2D eigenvalue weighted by molar-refractivity contribution is 5.95. The third-order valence-corrected chi connectivity index (χ3v) is 3.78. The minimum Gasteiger partial charge on any atom is -0.481 e. The molecule has 4 heteroatoms.